The van der Waals surface area contributed by atoms with Gasteiger partial charge in [-0.1, -0.05) is 0 Å². The lowest BCUT2D eigenvalue weighted by Crippen LogP contribution is -2.39. The standard InChI is InChI=1S/C16H26N4O.HI/c1-2-17-16(19-13-7-8-13)18-12-14(15-6-5-11-21-15)20-9-3-4-10-20;/h5-6,11,13-14H,2-4,7-10,12H2,1H3,(H2,17,18,19);1H. The summed E-state index contributed by atoms with van der Waals surface area (Å²) in [4.78, 5) is 7.28. The van der Waals surface area contributed by atoms with Crippen LogP contribution in [0, 0.1) is 0 Å². The fourth-order valence-corrected chi connectivity index (χ4v) is 2.84. The Morgan fingerprint density at radius 3 is 2.77 bits per heavy atom. The highest BCUT2D eigenvalue weighted by Crippen LogP contribution is 2.26. The van der Waals surface area contributed by atoms with Crippen LogP contribution in [-0.4, -0.2) is 43.1 Å². The van der Waals surface area contributed by atoms with Crippen molar-refractivity contribution in [1.82, 2.24) is 15.5 Å². The molecule has 2 fully saturated rings. The van der Waals surface area contributed by atoms with Crippen molar-refractivity contribution in [3.05, 3.63) is 24.2 Å². The van der Waals surface area contributed by atoms with Crippen LogP contribution in [0.3, 0.4) is 0 Å². The molecule has 2 N–H and O–H groups in total. The Morgan fingerprint density at radius 2 is 2.18 bits per heavy atom. The molecule has 0 amide bonds. The smallest absolute Gasteiger partial charge is 0.191 e. The summed E-state index contributed by atoms with van der Waals surface area (Å²) < 4.78 is 5.64. The van der Waals surface area contributed by atoms with Crippen LogP contribution in [0.2, 0.25) is 0 Å². The lowest BCUT2D eigenvalue weighted by Gasteiger charge is -2.24. The average Bonchev–Trinajstić information content (AvgIpc) is 2.98. The van der Waals surface area contributed by atoms with Crippen LogP contribution in [-0.2, 0) is 0 Å². The number of halogens is 1. The molecule has 0 radical (unpaired) electrons. The third-order valence-corrected chi connectivity index (χ3v) is 4.14. The monoisotopic (exact) mass is 418 g/mol. The summed E-state index contributed by atoms with van der Waals surface area (Å²) in [5, 5.41) is 6.81. The number of nitrogens with one attached hydrogen (secondary N) is 2. The van der Waals surface area contributed by atoms with E-state index in [1.807, 2.05) is 6.07 Å². The van der Waals surface area contributed by atoms with E-state index in [-0.39, 0.29) is 30.0 Å². The normalized spacial score (nSPS) is 20.5. The summed E-state index contributed by atoms with van der Waals surface area (Å²) in [5.74, 6) is 1.97. The van der Waals surface area contributed by atoms with Crippen molar-refractivity contribution in [1.29, 1.82) is 0 Å². The SMILES string of the molecule is CCNC(=NCC(c1ccco1)N1CCCC1)NC1CC1.I. The molecule has 0 bridgehead atoms. The topological polar surface area (TPSA) is 52.8 Å². The Kier molecular flexibility index (Phi) is 7.01. The summed E-state index contributed by atoms with van der Waals surface area (Å²) in [6.45, 7) is 6.04. The van der Waals surface area contributed by atoms with Gasteiger partial charge in [0.25, 0.3) is 0 Å². The number of guanidine groups is 1. The first-order valence-corrected chi connectivity index (χ1v) is 8.19. The van der Waals surface area contributed by atoms with Gasteiger partial charge in [0.05, 0.1) is 18.8 Å². The highest BCUT2D eigenvalue weighted by molar-refractivity contribution is 14.0. The van der Waals surface area contributed by atoms with Gasteiger partial charge in [-0.2, -0.15) is 0 Å². The molecule has 1 aliphatic heterocycles. The zero-order valence-electron chi connectivity index (χ0n) is 13.3. The van der Waals surface area contributed by atoms with Gasteiger partial charge < -0.3 is 15.1 Å². The van der Waals surface area contributed by atoms with Gasteiger partial charge in [-0.25, -0.2) is 0 Å². The maximum atomic E-state index is 5.64. The van der Waals surface area contributed by atoms with Crippen molar-refractivity contribution in [2.45, 2.75) is 44.7 Å². The second-order valence-electron chi connectivity index (χ2n) is 5.91. The van der Waals surface area contributed by atoms with E-state index < -0.39 is 0 Å². The minimum atomic E-state index is 0. The molecule has 1 aliphatic carbocycles. The molecule has 1 aromatic rings. The molecule has 2 aliphatic rings. The molecule has 0 aromatic carbocycles. The minimum absolute atomic E-state index is 0. The van der Waals surface area contributed by atoms with Gasteiger partial charge in [0, 0.05) is 12.6 Å². The maximum Gasteiger partial charge on any atom is 0.191 e. The van der Waals surface area contributed by atoms with E-state index in [1.165, 1.54) is 25.7 Å². The Hall–Kier alpha value is -0.760. The zero-order chi connectivity index (χ0) is 14.5. The van der Waals surface area contributed by atoms with E-state index in [9.17, 15) is 0 Å². The largest absolute Gasteiger partial charge is 0.468 e. The van der Waals surface area contributed by atoms with Gasteiger partial charge in [0.2, 0.25) is 0 Å². The van der Waals surface area contributed by atoms with Crippen molar-refractivity contribution in [3.8, 4) is 0 Å². The van der Waals surface area contributed by atoms with Crippen LogP contribution in [0.25, 0.3) is 0 Å². The number of furan rings is 1. The molecule has 2 heterocycles. The minimum Gasteiger partial charge on any atom is -0.468 e. The summed E-state index contributed by atoms with van der Waals surface area (Å²) >= 11 is 0. The Bertz CT molecular complexity index is 453. The predicted octanol–water partition coefficient (Wildman–Crippen LogP) is 2.75. The van der Waals surface area contributed by atoms with Gasteiger partial charge in [0.1, 0.15) is 5.76 Å². The van der Waals surface area contributed by atoms with E-state index in [0.29, 0.717) is 6.04 Å². The Morgan fingerprint density at radius 1 is 1.41 bits per heavy atom. The number of hydrogen-bond acceptors (Lipinski definition) is 3. The molecule has 124 valence electrons. The van der Waals surface area contributed by atoms with Gasteiger partial charge in [-0.3, -0.25) is 9.89 Å². The van der Waals surface area contributed by atoms with Crippen LogP contribution in [0.4, 0.5) is 0 Å². The molecule has 1 atom stereocenters. The molecule has 5 nitrogen and oxygen atoms in total. The van der Waals surface area contributed by atoms with Crippen LogP contribution < -0.4 is 10.6 Å². The number of nitrogens with zero attached hydrogens (tertiary/aromatic N) is 2. The summed E-state index contributed by atoms with van der Waals surface area (Å²) in [5.41, 5.74) is 0. The van der Waals surface area contributed by atoms with Crippen LogP contribution >= 0.6 is 24.0 Å². The first-order valence-electron chi connectivity index (χ1n) is 8.19. The first-order chi connectivity index (χ1) is 10.4. The predicted molar refractivity (Wildman–Crippen MR) is 99.8 cm³/mol. The van der Waals surface area contributed by atoms with Crippen molar-refractivity contribution in [2.24, 2.45) is 4.99 Å². The van der Waals surface area contributed by atoms with Crippen molar-refractivity contribution in [3.63, 3.8) is 0 Å². The van der Waals surface area contributed by atoms with E-state index in [0.717, 1.165) is 37.9 Å². The first kappa shape index (κ1) is 17.6. The highest BCUT2D eigenvalue weighted by atomic mass is 127. The van der Waals surface area contributed by atoms with Gasteiger partial charge >= 0.3 is 0 Å². The van der Waals surface area contributed by atoms with Gasteiger partial charge in [0.15, 0.2) is 5.96 Å². The molecule has 22 heavy (non-hydrogen) atoms. The average molecular weight is 418 g/mol. The second-order valence-corrected chi connectivity index (χ2v) is 5.91. The Balaban J connectivity index is 0.00000176. The van der Waals surface area contributed by atoms with Gasteiger partial charge in [-0.05, 0) is 57.8 Å². The second kappa shape index (κ2) is 8.76. The molecule has 6 heteroatoms. The number of likely N-dealkylation sites (tertiary alicyclic amines) is 1. The fraction of sp³-hybridized carbons (Fsp3) is 0.688. The lowest BCUT2D eigenvalue weighted by molar-refractivity contribution is 0.221. The molecule has 1 saturated heterocycles. The molecule has 0 spiro atoms. The van der Waals surface area contributed by atoms with E-state index in [2.05, 4.69) is 28.5 Å². The number of rotatable bonds is 6. The van der Waals surface area contributed by atoms with Crippen molar-refractivity contribution in [2.75, 3.05) is 26.2 Å². The van der Waals surface area contributed by atoms with E-state index >= 15 is 0 Å². The number of hydrogen-bond donors (Lipinski definition) is 2. The molecule has 1 saturated carbocycles. The fourth-order valence-electron chi connectivity index (χ4n) is 2.84. The quantitative estimate of drug-likeness (QED) is 0.424. The third-order valence-electron chi connectivity index (χ3n) is 4.14. The van der Waals surface area contributed by atoms with Gasteiger partial charge in [-0.15, -0.1) is 24.0 Å². The van der Waals surface area contributed by atoms with Crippen LogP contribution in [0.1, 0.15) is 44.4 Å². The summed E-state index contributed by atoms with van der Waals surface area (Å²) in [6.07, 6.45) is 6.84. The maximum absolute atomic E-state index is 5.64. The molecular weight excluding hydrogens is 391 g/mol. The molecule has 1 unspecified atom stereocenters. The van der Waals surface area contributed by atoms with E-state index in [1.54, 1.807) is 6.26 Å². The van der Waals surface area contributed by atoms with Crippen molar-refractivity contribution < 1.29 is 4.42 Å². The number of aliphatic imine (C=N–C) groups is 1. The third kappa shape index (κ3) is 4.87. The molecular formula is C16H27IN4O. The zero-order valence-corrected chi connectivity index (χ0v) is 15.6. The molecule has 1 aromatic heterocycles. The van der Waals surface area contributed by atoms with E-state index in [4.69, 9.17) is 9.41 Å². The van der Waals surface area contributed by atoms with Crippen molar-refractivity contribution >= 4 is 29.9 Å². The van der Waals surface area contributed by atoms with Crippen LogP contribution in [0.5, 0.6) is 0 Å². The molecule has 3 rings (SSSR count). The lowest BCUT2D eigenvalue weighted by atomic mass is 10.2. The van der Waals surface area contributed by atoms with Crippen LogP contribution in [0.15, 0.2) is 27.8 Å². The summed E-state index contributed by atoms with van der Waals surface area (Å²) in [6, 6.07) is 4.92. The Labute approximate surface area is 149 Å². The summed E-state index contributed by atoms with van der Waals surface area (Å²) in [7, 11) is 0. The highest BCUT2D eigenvalue weighted by Gasteiger charge is 2.26.